The summed E-state index contributed by atoms with van der Waals surface area (Å²) in [4.78, 5) is 17.1. The zero-order valence-electron chi connectivity index (χ0n) is 24.6. The lowest BCUT2D eigenvalue weighted by atomic mass is 9.99. The number of hydrogen-bond acceptors (Lipinski definition) is 5. The Hall–Kier alpha value is -3.74. The van der Waals surface area contributed by atoms with Gasteiger partial charge in [-0.15, -0.1) is 0 Å². The Morgan fingerprint density at radius 3 is 2.17 bits per heavy atom. The molecule has 0 aliphatic rings. The van der Waals surface area contributed by atoms with E-state index in [1.165, 1.54) is 11.1 Å². The van der Waals surface area contributed by atoms with E-state index in [1.54, 1.807) is 6.20 Å². The summed E-state index contributed by atoms with van der Waals surface area (Å²) in [7, 11) is 0. The van der Waals surface area contributed by atoms with E-state index in [0.29, 0.717) is 13.0 Å². The Morgan fingerprint density at radius 1 is 0.786 bits per heavy atom. The van der Waals surface area contributed by atoms with Gasteiger partial charge < -0.3 is 20.5 Å². The zero-order valence-corrected chi connectivity index (χ0v) is 24.6. The van der Waals surface area contributed by atoms with Crippen LogP contribution in [0.15, 0.2) is 97.2 Å². The molecule has 222 valence electrons. The average Bonchev–Trinajstić information content (AvgIpc) is 3.02. The predicted octanol–water partition coefficient (Wildman–Crippen LogP) is 6.27. The molecule has 3 N–H and O–H groups in total. The molecule has 1 amide bonds. The van der Waals surface area contributed by atoms with E-state index in [0.717, 1.165) is 74.6 Å². The van der Waals surface area contributed by atoms with E-state index >= 15 is 0 Å². The van der Waals surface area contributed by atoms with Crippen LogP contribution in [0.25, 0.3) is 10.9 Å². The maximum absolute atomic E-state index is 12.8. The van der Waals surface area contributed by atoms with Crippen LogP contribution >= 0.6 is 0 Å². The van der Waals surface area contributed by atoms with Crippen molar-refractivity contribution in [2.45, 2.75) is 69.9 Å². The van der Waals surface area contributed by atoms with Gasteiger partial charge in [-0.3, -0.25) is 9.78 Å². The Labute approximate surface area is 250 Å². The minimum Gasteiger partial charge on any atom is -0.490 e. The lowest BCUT2D eigenvalue weighted by Crippen LogP contribution is -2.35. The summed E-state index contributed by atoms with van der Waals surface area (Å²) < 4.78 is 5.85. The van der Waals surface area contributed by atoms with Gasteiger partial charge >= 0.3 is 0 Å². The number of aliphatic hydroxyl groups excluding tert-OH is 1. The van der Waals surface area contributed by atoms with Crippen molar-refractivity contribution in [1.29, 1.82) is 0 Å². The largest absolute Gasteiger partial charge is 0.490 e. The molecule has 42 heavy (non-hydrogen) atoms. The van der Waals surface area contributed by atoms with Crippen molar-refractivity contribution in [3.05, 3.63) is 108 Å². The third kappa shape index (κ3) is 11.3. The molecular formula is C36H45N3O3. The van der Waals surface area contributed by atoms with Crippen LogP contribution in [-0.4, -0.2) is 47.8 Å². The van der Waals surface area contributed by atoms with E-state index < -0.39 is 6.10 Å². The van der Waals surface area contributed by atoms with Gasteiger partial charge in [-0.1, -0.05) is 66.7 Å². The van der Waals surface area contributed by atoms with Crippen LogP contribution < -0.4 is 15.4 Å². The second kappa shape index (κ2) is 17.9. The second-order valence-corrected chi connectivity index (χ2v) is 11.0. The first-order valence-corrected chi connectivity index (χ1v) is 15.4. The number of rotatable bonds is 19. The Kier molecular flexibility index (Phi) is 13.3. The second-order valence-electron chi connectivity index (χ2n) is 11.0. The van der Waals surface area contributed by atoms with Crippen molar-refractivity contribution >= 4 is 16.8 Å². The number of carbonyl (C=O) groups is 1. The maximum Gasteiger partial charge on any atom is 0.220 e. The van der Waals surface area contributed by atoms with Gasteiger partial charge in [0.25, 0.3) is 0 Å². The summed E-state index contributed by atoms with van der Waals surface area (Å²) in [6.07, 6.45) is 9.54. The maximum atomic E-state index is 12.8. The number of nitrogens with zero attached hydrogens (tertiary/aromatic N) is 1. The lowest BCUT2D eigenvalue weighted by molar-refractivity contribution is -0.122. The van der Waals surface area contributed by atoms with E-state index in [1.807, 2.05) is 42.5 Å². The minimum absolute atomic E-state index is 0.137. The average molecular weight is 568 g/mol. The van der Waals surface area contributed by atoms with Crippen LogP contribution in [0.5, 0.6) is 5.75 Å². The molecular weight excluding hydrogens is 522 g/mol. The Bertz CT molecular complexity index is 1270. The summed E-state index contributed by atoms with van der Waals surface area (Å²) in [6, 6.07) is 30.9. The minimum atomic E-state index is -0.618. The van der Waals surface area contributed by atoms with Gasteiger partial charge in [-0.25, -0.2) is 0 Å². The number of benzene rings is 3. The van der Waals surface area contributed by atoms with Crippen molar-refractivity contribution in [2.24, 2.45) is 0 Å². The van der Waals surface area contributed by atoms with E-state index in [2.05, 4.69) is 64.1 Å². The topological polar surface area (TPSA) is 83.5 Å². The van der Waals surface area contributed by atoms with E-state index in [4.69, 9.17) is 4.74 Å². The van der Waals surface area contributed by atoms with Gasteiger partial charge in [0, 0.05) is 30.6 Å². The third-order valence-electron chi connectivity index (χ3n) is 7.51. The number of carbonyl (C=O) groups excluding carboxylic acids is 1. The summed E-state index contributed by atoms with van der Waals surface area (Å²) >= 11 is 0. The highest BCUT2D eigenvalue weighted by atomic mass is 16.5. The third-order valence-corrected chi connectivity index (χ3v) is 7.51. The van der Waals surface area contributed by atoms with E-state index in [-0.39, 0.29) is 18.6 Å². The van der Waals surface area contributed by atoms with Gasteiger partial charge in [0.2, 0.25) is 5.91 Å². The molecule has 0 fully saturated rings. The van der Waals surface area contributed by atoms with Gasteiger partial charge in [0.1, 0.15) is 18.5 Å². The molecule has 1 aromatic heterocycles. The molecule has 0 aliphatic heterocycles. The highest BCUT2D eigenvalue weighted by molar-refractivity contribution is 5.84. The highest BCUT2D eigenvalue weighted by Gasteiger charge is 2.13. The fourth-order valence-electron chi connectivity index (χ4n) is 5.23. The van der Waals surface area contributed by atoms with Gasteiger partial charge in [-0.2, -0.15) is 0 Å². The van der Waals surface area contributed by atoms with Crippen LogP contribution in [0.1, 0.15) is 56.1 Å². The number of aliphatic hydroxyl groups is 1. The van der Waals surface area contributed by atoms with Crippen molar-refractivity contribution in [1.82, 2.24) is 15.6 Å². The van der Waals surface area contributed by atoms with Crippen molar-refractivity contribution in [2.75, 3.05) is 19.7 Å². The van der Waals surface area contributed by atoms with Gasteiger partial charge in [0.15, 0.2) is 0 Å². The number of fused-ring (bicyclic) bond motifs is 1. The van der Waals surface area contributed by atoms with Crippen LogP contribution in [-0.2, 0) is 17.6 Å². The number of pyridine rings is 1. The number of aromatic nitrogens is 1. The number of amides is 1. The summed E-state index contributed by atoms with van der Waals surface area (Å²) in [5.41, 5.74) is 3.57. The molecule has 0 saturated carbocycles. The number of aryl methyl sites for hydroxylation is 2. The van der Waals surface area contributed by atoms with Crippen molar-refractivity contribution < 1.29 is 14.6 Å². The smallest absolute Gasteiger partial charge is 0.220 e. The van der Waals surface area contributed by atoms with Crippen LogP contribution in [0.4, 0.5) is 0 Å². The molecule has 3 aromatic carbocycles. The number of unbranched alkanes of at least 4 members (excludes halogenated alkanes) is 1. The molecule has 0 spiro atoms. The molecule has 6 heteroatoms. The first-order chi connectivity index (χ1) is 20.7. The number of hydrogen-bond donors (Lipinski definition) is 3. The van der Waals surface area contributed by atoms with Gasteiger partial charge in [-0.05, 0) is 93.3 Å². The predicted molar refractivity (Wildman–Crippen MR) is 171 cm³/mol. The lowest BCUT2D eigenvalue weighted by Gasteiger charge is -2.19. The SMILES string of the molecule is O=C(CCCCNC[C@@H](O)COc1cccc2ncccc12)NC(CCCc1ccccc1)CCCc1ccccc1. The molecule has 0 radical (unpaired) electrons. The molecule has 0 saturated heterocycles. The molecule has 1 atom stereocenters. The Balaban J connectivity index is 1.10. The molecule has 0 unspecified atom stereocenters. The van der Waals surface area contributed by atoms with E-state index in [9.17, 15) is 9.90 Å². The normalized spacial score (nSPS) is 12.0. The van der Waals surface area contributed by atoms with Crippen molar-refractivity contribution in [3.63, 3.8) is 0 Å². The van der Waals surface area contributed by atoms with Crippen LogP contribution in [0.2, 0.25) is 0 Å². The fraction of sp³-hybridized carbons (Fsp3) is 0.389. The van der Waals surface area contributed by atoms with Crippen LogP contribution in [0.3, 0.4) is 0 Å². The number of nitrogens with one attached hydrogen (secondary N) is 2. The highest BCUT2D eigenvalue weighted by Crippen LogP contribution is 2.23. The summed E-state index contributed by atoms with van der Waals surface area (Å²) in [6.45, 7) is 1.40. The summed E-state index contributed by atoms with van der Waals surface area (Å²) in [5, 5.41) is 17.9. The number of ether oxygens (including phenoxy) is 1. The first kappa shape index (κ1) is 31.2. The first-order valence-electron chi connectivity index (χ1n) is 15.4. The molecule has 4 aromatic rings. The molecule has 0 bridgehead atoms. The molecule has 1 heterocycles. The monoisotopic (exact) mass is 567 g/mol. The Morgan fingerprint density at radius 2 is 1.48 bits per heavy atom. The van der Waals surface area contributed by atoms with Gasteiger partial charge in [0.05, 0.1) is 5.52 Å². The summed E-state index contributed by atoms with van der Waals surface area (Å²) in [5.74, 6) is 0.863. The zero-order chi connectivity index (χ0) is 29.2. The fourth-order valence-corrected chi connectivity index (χ4v) is 5.23. The van der Waals surface area contributed by atoms with Crippen LogP contribution in [0, 0.1) is 0 Å². The standard InChI is InChI=1S/C36H45N3O3/c40-32(28-42-35-23-11-22-34-33(35)21-12-26-38-34)27-37-25-8-7-24-36(41)39-31(19-9-17-29-13-3-1-4-14-29)20-10-18-30-15-5-2-6-16-30/h1-6,11-16,21-23,26,31-32,37,40H,7-10,17-20,24-25,27-28H2,(H,39,41)/t32-/m1/s1. The molecule has 4 rings (SSSR count). The van der Waals surface area contributed by atoms with Crippen molar-refractivity contribution in [3.8, 4) is 5.75 Å². The molecule has 6 nitrogen and oxygen atoms in total. The quantitative estimate of drug-likeness (QED) is 0.116. The molecule has 0 aliphatic carbocycles.